The van der Waals surface area contributed by atoms with Gasteiger partial charge in [0.15, 0.2) is 0 Å². The molecular weight excluding hydrogens is 206 g/mol. The van der Waals surface area contributed by atoms with Crippen molar-refractivity contribution in [1.82, 2.24) is 5.32 Å². The van der Waals surface area contributed by atoms with Crippen LogP contribution in [0.5, 0.6) is 0 Å². The Labute approximate surface area is 96.0 Å². The van der Waals surface area contributed by atoms with E-state index in [1.165, 1.54) is 4.88 Å². The van der Waals surface area contributed by atoms with Gasteiger partial charge >= 0.3 is 0 Å². The van der Waals surface area contributed by atoms with E-state index in [0.29, 0.717) is 6.04 Å². The second kappa shape index (κ2) is 7.63. The smallest absolute Gasteiger partial charge is 0.0591 e. The quantitative estimate of drug-likeness (QED) is 0.542. The van der Waals surface area contributed by atoms with Crippen LogP contribution >= 0.6 is 11.3 Å². The van der Waals surface area contributed by atoms with E-state index in [-0.39, 0.29) is 0 Å². The van der Waals surface area contributed by atoms with Crippen LogP contribution in [0, 0.1) is 0 Å². The number of hydrogen-bond acceptors (Lipinski definition) is 3. The van der Waals surface area contributed by atoms with Gasteiger partial charge in [-0.1, -0.05) is 12.1 Å². The van der Waals surface area contributed by atoms with Crippen LogP contribution in [0.3, 0.4) is 0 Å². The van der Waals surface area contributed by atoms with Gasteiger partial charge in [-0.05, 0) is 24.8 Å². The van der Waals surface area contributed by atoms with Crippen LogP contribution in [-0.2, 0) is 4.74 Å². The van der Waals surface area contributed by atoms with Crippen molar-refractivity contribution in [2.75, 3.05) is 19.8 Å². The molecule has 1 aromatic heterocycles. The second-order valence-corrected chi connectivity index (χ2v) is 4.36. The molecule has 3 heteroatoms. The molecule has 1 atom stereocenters. The molecule has 15 heavy (non-hydrogen) atoms. The molecule has 0 spiro atoms. The molecule has 0 aromatic carbocycles. The summed E-state index contributed by atoms with van der Waals surface area (Å²) in [5.74, 6) is 0. The summed E-state index contributed by atoms with van der Waals surface area (Å²) >= 11 is 1.79. The van der Waals surface area contributed by atoms with E-state index in [1.54, 1.807) is 11.3 Å². The Morgan fingerprint density at radius 1 is 1.60 bits per heavy atom. The summed E-state index contributed by atoms with van der Waals surface area (Å²) in [5.41, 5.74) is 0. The first-order valence-electron chi connectivity index (χ1n) is 5.30. The van der Waals surface area contributed by atoms with Gasteiger partial charge in [-0.2, -0.15) is 0 Å². The maximum Gasteiger partial charge on any atom is 0.0591 e. The topological polar surface area (TPSA) is 21.3 Å². The largest absolute Gasteiger partial charge is 0.380 e. The summed E-state index contributed by atoms with van der Waals surface area (Å²) in [4.78, 5) is 1.38. The molecule has 0 aliphatic carbocycles. The van der Waals surface area contributed by atoms with Crippen molar-refractivity contribution in [3.05, 3.63) is 35.0 Å². The summed E-state index contributed by atoms with van der Waals surface area (Å²) in [6.45, 7) is 8.27. The lowest BCUT2D eigenvalue weighted by atomic mass is 10.3. The van der Waals surface area contributed by atoms with Crippen LogP contribution in [0.1, 0.15) is 24.3 Å². The van der Waals surface area contributed by atoms with Gasteiger partial charge in [-0.15, -0.1) is 17.9 Å². The van der Waals surface area contributed by atoms with Crippen LogP contribution in [0.4, 0.5) is 0 Å². The number of rotatable bonds is 8. The molecule has 0 amide bonds. The Balaban J connectivity index is 2.02. The molecule has 0 bridgehead atoms. The van der Waals surface area contributed by atoms with Gasteiger partial charge in [0, 0.05) is 17.5 Å². The fourth-order valence-electron chi connectivity index (χ4n) is 1.25. The molecule has 1 N–H and O–H groups in total. The Hall–Kier alpha value is -0.640. The highest BCUT2D eigenvalue weighted by Gasteiger charge is 2.03. The fraction of sp³-hybridized carbons (Fsp3) is 0.500. The lowest BCUT2D eigenvalue weighted by Gasteiger charge is -2.11. The van der Waals surface area contributed by atoms with Gasteiger partial charge in [0.2, 0.25) is 0 Å². The zero-order chi connectivity index (χ0) is 10.9. The molecule has 0 aliphatic heterocycles. The third-order valence-corrected chi connectivity index (χ3v) is 3.19. The highest BCUT2D eigenvalue weighted by atomic mass is 32.1. The third kappa shape index (κ3) is 5.11. The minimum Gasteiger partial charge on any atom is -0.380 e. The van der Waals surface area contributed by atoms with E-state index in [0.717, 1.165) is 26.2 Å². The van der Waals surface area contributed by atoms with Crippen LogP contribution in [0.2, 0.25) is 0 Å². The van der Waals surface area contributed by atoms with E-state index < -0.39 is 0 Å². The second-order valence-electron chi connectivity index (χ2n) is 3.38. The fourth-order valence-corrected chi connectivity index (χ4v) is 2.01. The lowest BCUT2D eigenvalue weighted by Crippen LogP contribution is -2.22. The van der Waals surface area contributed by atoms with Crippen LogP contribution < -0.4 is 5.32 Å². The summed E-state index contributed by atoms with van der Waals surface area (Å²) in [5, 5.41) is 5.53. The molecule has 0 aliphatic rings. The molecule has 2 nitrogen and oxygen atoms in total. The van der Waals surface area contributed by atoms with E-state index >= 15 is 0 Å². The molecule has 1 aromatic rings. The van der Waals surface area contributed by atoms with Gasteiger partial charge in [-0.3, -0.25) is 0 Å². The molecule has 1 heterocycles. The van der Waals surface area contributed by atoms with E-state index in [2.05, 4.69) is 36.3 Å². The third-order valence-electron chi connectivity index (χ3n) is 2.13. The molecule has 84 valence electrons. The first-order valence-corrected chi connectivity index (χ1v) is 6.18. The van der Waals surface area contributed by atoms with Gasteiger partial charge in [0.05, 0.1) is 13.2 Å². The Kier molecular flexibility index (Phi) is 6.32. The lowest BCUT2D eigenvalue weighted by molar-refractivity contribution is 0.139. The Bertz CT molecular complexity index is 259. The van der Waals surface area contributed by atoms with Crippen molar-refractivity contribution in [3.8, 4) is 0 Å². The summed E-state index contributed by atoms with van der Waals surface area (Å²) in [6, 6.07) is 4.66. The van der Waals surface area contributed by atoms with Crippen molar-refractivity contribution in [1.29, 1.82) is 0 Å². The number of ether oxygens (including phenoxy) is 1. The SMILES string of the molecule is C=CCCOCCNC(C)c1cccs1. The van der Waals surface area contributed by atoms with Crippen LogP contribution in [-0.4, -0.2) is 19.8 Å². The van der Waals surface area contributed by atoms with Crippen molar-refractivity contribution in [2.45, 2.75) is 19.4 Å². The normalized spacial score (nSPS) is 12.6. The molecule has 1 rings (SSSR count). The number of thiophene rings is 1. The van der Waals surface area contributed by atoms with Crippen molar-refractivity contribution < 1.29 is 4.74 Å². The summed E-state index contributed by atoms with van der Waals surface area (Å²) in [7, 11) is 0. The van der Waals surface area contributed by atoms with Gasteiger partial charge in [0.25, 0.3) is 0 Å². The summed E-state index contributed by atoms with van der Waals surface area (Å²) < 4.78 is 5.41. The average Bonchev–Trinajstić information content (AvgIpc) is 2.76. The van der Waals surface area contributed by atoms with E-state index in [4.69, 9.17) is 4.74 Å². The van der Waals surface area contributed by atoms with Crippen LogP contribution in [0.25, 0.3) is 0 Å². The summed E-state index contributed by atoms with van der Waals surface area (Å²) in [6.07, 6.45) is 2.81. The Morgan fingerprint density at radius 2 is 2.47 bits per heavy atom. The molecule has 0 fully saturated rings. The van der Waals surface area contributed by atoms with E-state index in [1.807, 2.05) is 6.08 Å². The van der Waals surface area contributed by atoms with Gasteiger partial charge in [0.1, 0.15) is 0 Å². The average molecular weight is 225 g/mol. The standard InChI is InChI=1S/C12H19NOS/c1-3-4-8-14-9-7-13-11(2)12-6-5-10-15-12/h3,5-6,10-11,13H,1,4,7-9H2,2H3. The molecule has 1 unspecified atom stereocenters. The van der Waals surface area contributed by atoms with Gasteiger partial charge < -0.3 is 10.1 Å². The highest BCUT2D eigenvalue weighted by molar-refractivity contribution is 7.10. The first kappa shape index (κ1) is 12.4. The molecule has 0 saturated heterocycles. The van der Waals surface area contributed by atoms with Crippen molar-refractivity contribution in [3.63, 3.8) is 0 Å². The van der Waals surface area contributed by atoms with Crippen LogP contribution in [0.15, 0.2) is 30.2 Å². The maximum atomic E-state index is 5.41. The maximum absolute atomic E-state index is 5.41. The zero-order valence-corrected chi connectivity index (χ0v) is 10.1. The highest BCUT2D eigenvalue weighted by Crippen LogP contribution is 2.17. The first-order chi connectivity index (χ1) is 7.34. The molecule has 0 radical (unpaired) electrons. The predicted octanol–water partition coefficient (Wildman–Crippen LogP) is 2.99. The monoisotopic (exact) mass is 225 g/mol. The number of hydrogen-bond donors (Lipinski definition) is 1. The minimum absolute atomic E-state index is 0.424. The van der Waals surface area contributed by atoms with E-state index in [9.17, 15) is 0 Å². The van der Waals surface area contributed by atoms with Crippen molar-refractivity contribution >= 4 is 11.3 Å². The Morgan fingerprint density at radius 3 is 3.13 bits per heavy atom. The minimum atomic E-state index is 0.424. The van der Waals surface area contributed by atoms with Crippen molar-refractivity contribution in [2.24, 2.45) is 0 Å². The predicted molar refractivity (Wildman–Crippen MR) is 66.4 cm³/mol. The number of nitrogens with one attached hydrogen (secondary N) is 1. The van der Waals surface area contributed by atoms with Gasteiger partial charge in [-0.25, -0.2) is 0 Å². The molecular formula is C12H19NOS. The zero-order valence-electron chi connectivity index (χ0n) is 9.24. The molecule has 0 saturated carbocycles.